The van der Waals surface area contributed by atoms with E-state index in [1.54, 1.807) is 12.4 Å². The van der Waals surface area contributed by atoms with Crippen LogP contribution in [0.3, 0.4) is 0 Å². The van der Waals surface area contributed by atoms with Crippen molar-refractivity contribution in [1.29, 1.82) is 0 Å². The topological polar surface area (TPSA) is 25.8 Å². The molecule has 2 nitrogen and oxygen atoms in total. The van der Waals surface area contributed by atoms with Crippen LogP contribution in [0.2, 0.25) is 0 Å². The quantitative estimate of drug-likeness (QED) is 0.164. The van der Waals surface area contributed by atoms with Gasteiger partial charge in [0.05, 0.1) is 0 Å². The lowest BCUT2D eigenvalue weighted by Crippen LogP contribution is -2.51. The number of aromatic nitrogens is 2. The van der Waals surface area contributed by atoms with Crippen LogP contribution in [0, 0.1) is 0 Å². The summed E-state index contributed by atoms with van der Waals surface area (Å²) in [6.45, 7) is 4.74. The van der Waals surface area contributed by atoms with Gasteiger partial charge in [-0.25, -0.2) is 0 Å². The average molecular weight is 619 g/mol. The van der Waals surface area contributed by atoms with Crippen LogP contribution in [0.15, 0.2) is 201 Å². The van der Waals surface area contributed by atoms with Crippen molar-refractivity contribution >= 4 is 36.0 Å². The summed E-state index contributed by atoms with van der Waals surface area (Å²) in [5.41, 5.74) is 8.94. The molecule has 5 aromatic carbocycles. The summed E-state index contributed by atoms with van der Waals surface area (Å²) in [5.74, 6) is 0.726. The zero-order chi connectivity index (χ0) is 33.2. The molecule has 2 aromatic heterocycles. The third kappa shape index (κ3) is 10.3. The van der Waals surface area contributed by atoms with E-state index >= 15 is 0 Å². The van der Waals surface area contributed by atoms with Gasteiger partial charge in [0.25, 0.3) is 0 Å². The van der Waals surface area contributed by atoms with Crippen LogP contribution in [-0.4, -0.2) is 24.0 Å². The van der Waals surface area contributed by atoms with E-state index in [4.69, 9.17) is 0 Å². The molecule has 0 bridgehead atoms. The lowest BCUT2D eigenvalue weighted by molar-refractivity contribution is 0.865. The van der Waals surface area contributed by atoms with Crippen LogP contribution >= 0.6 is 0 Å². The molecule has 0 spiro atoms. The Morgan fingerprint density at radius 1 is 0.438 bits per heavy atom. The van der Waals surface area contributed by atoms with Crippen LogP contribution in [0.25, 0.3) is 0 Å². The van der Waals surface area contributed by atoms with Gasteiger partial charge in [0.1, 0.15) is 0 Å². The first kappa shape index (κ1) is 33.9. The van der Waals surface area contributed by atoms with Gasteiger partial charge in [-0.3, -0.25) is 9.97 Å². The molecule has 0 aliphatic heterocycles. The molecule has 7 aromatic rings. The van der Waals surface area contributed by atoms with Gasteiger partial charge in [-0.2, -0.15) is 0 Å². The predicted molar refractivity (Wildman–Crippen MR) is 207 cm³/mol. The Morgan fingerprint density at radius 3 is 1.19 bits per heavy atom. The van der Waals surface area contributed by atoms with E-state index in [1.165, 1.54) is 33.1 Å². The van der Waals surface area contributed by atoms with Crippen molar-refractivity contribution in [2.75, 3.05) is 0 Å². The van der Waals surface area contributed by atoms with Crippen molar-refractivity contribution in [3.8, 4) is 0 Å². The molecule has 4 heteroatoms. The Labute approximate surface area is 287 Å². The Balaban J connectivity index is 0.000000162. The molecule has 0 atom stereocenters. The fourth-order valence-corrected chi connectivity index (χ4v) is 5.62. The fraction of sp³-hybridized carbons (Fsp3) is 0.0909. The monoisotopic (exact) mass is 619 g/mol. The molecule has 0 amide bonds. The van der Waals surface area contributed by atoms with Gasteiger partial charge in [0, 0.05) is 18.6 Å². The van der Waals surface area contributed by atoms with Gasteiger partial charge >= 0.3 is 0 Å². The minimum Gasteiger partial charge on any atom is -0.272 e. The van der Waals surface area contributed by atoms with Crippen molar-refractivity contribution in [3.05, 3.63) is 217 Å². The molecule has 0 N–H and O–H groups in total. The summed E-state index contributed by atoms with van der Waals surface area (Å²) in [6.07, 6.45) is 5.41. The third-order valence-corrected chi connectivity index (χ3v) is 8.09. The molecule has 7 rings (SSSR count). The summed E-state index contributed by atoms with van der Waals surface area (Å²) in [7, 11) is 2.26. The van der Waals surface area contributed by atoms with Crippen LogP contribution in [0.5, 0.6) is 0 Å². The van der Waals surface area contributed by atoms with Gasteiger partial charge < -0.3 is 0 Å². The second-order valence-corrected chi connectivity index (χ2v) is 11.8. The van der Waals surface area contributed by atoms with E-state index in [9.17, 15) is 0 Å². The highest BCUT2D eigenvalue weighted by Crippen LogP contribution is 2.23. The molecule has 0 saturated carbocycles. The van der Waals surface area contributed by atoms with E-state index in [-0.39, 0.29) is 5.82 Å². The number of rotatable bonds is 8. The zero-order valence-electron chi connectivity index (χ0n) is 27.8. The third-order valence-electron chi connectivity index (χ3n) is 8.09. The summed E-state index contributed by atoms with van der Waals surface area (Å²) >= 11 is 0. The molecule has 0 aliphatic carbocycles. The smallest absolute Gasteiger partial charge is 0.241 e. The molecule has 2 heterocycles. The molecule has 1 radical (unpaired) electrons. The molecule has 0 fully saturated rings. The van der Waals surface area contributed by atoms with Crippen molar-refractivity contribution in [2.45, 2.75) is 25.6 Å². The Hall–Kier alpha value is -5.47. The molecule has 0 unspecified atom stereocenters. The molecule has 48 heavy (non-hydrogen) atoms. The second-order valence-electron chi connectivity index (χ2n) is 11.8. The number of hydrogen-bond acceptors (Lipinski definition) is 2. The van der Waals surface area contributed by atoms with Crippen molar-refractivity contribution in [3.63, 3.8) is 0 Å². The number of pyridine rings is 2. The largest absolute Gasteiger partial charge is 0.272 e. The highest BCUT2D eigenvalue weighted by atomic mass is 14.6. The first-order valence-corrected chi connectivity index (χ1v) is 16.6. The van der Waals surface area contributed by atoms with Crippen molar-refractivity contribution in [1.82, 2.24) is 9.97 Å². The van der Waals surface area contributed by atoms with E-state index in [1.807, 2.05) is 24.4 Å². The van der Waals surface area contributed by atoms with Crippen molar-refractivity contribution < 1.29 is 0 Å². The first-order chi connectivity index (χ1) is 23.7. The molecule has 233 valence electrons. The number of hydrogen-bond donors (Lipinski definition) is 0. The first-order valence-electron chi connectivity index (χ1n) is 16.6. The Bertz CT molecular complexity index is 1690. The minimum absolute atomic E-state index is 0.215. The standard InChI is InChI=1S/C21H21BN.C18H15B.C5H5N/c1-16(2)19-13-14-23-20(15-19)22-21(17-9-5-3-6-10-17)18-11-7-4-8-12-18;1-4-10-16(11-5-1)19(17-12-6-2-7-13-17)18-14-8-3-9-15-18;1-2-4-6-5-3-1/h3-16,21H,1-2H3;1-15H;1-5H. The van der Waals surface area contributed by atoms with E-state index in [0.29, 0.717) is 12.6 Å². The SMILES string of the molecule is CC(C)c1ccnc([B]C(c2ccccc2)c2ccccc2)c1.c1ccc(B(c2ccccc2)c2ccccc2)cc1.c1ccncc1. The van der Waals surface area contributed by atoms with Gasteiger partial charge in [0.2, 0.25) is 6.71 Å². The van der Waals surface area contributed by atoms with Crippen LogP contribution in [0.1, 0.15) is 42.3 Å². The van der Waals surface area contributed by atoms with Crippen molar-refractivity contribution in [2.24, 2.45) is 0 Å². The van der Waals surface area contributed by atoms with E-state index < -0.39 is 0 Å². The van der Waals surface area contributed by atoms with Gasteiger partial charge in [-0.1, -0.05) is 188 Å². The summed E-state index contributed by atoms with van der Waals surface area (Å²) < 4.78 is 0. The maximum atomic E-state index is 4.56. The van der Waals surface area contributed by atoms with Gasteiger partial charge in [-0.05, 0) is 58.3 Å². The van der Waals surface area contributed by atoms with Gasteiger partial charge in [-0.15, -0.1) is 0 Å². The molecule has 0 aliphatic rings. The summed E-state index contributed by atoms with van der Waals surface area (Å²) in [4.78, 5) is 8.34. The van der Waals surface area contributed by atoms with Gasteiger partial charge in [0.15, 0.2) is 7.28 Å². The highest BCUT2D eigenvalue weighted by molar-refractivity contribution is 6.95. The lowest BCUT2D eigenvalue weighted by atomic mass is 9.37. The zero-order valence-corrected chi connectivity index (χ0v) is 27.8. The number of benzene rings is 5. The van der Waals surface area contributed by atoms with Crippen LogP contribution < -0.4 is 22.0 Å². The Morgan fingerprint density at radius 2 is 0.833 bits per heavy atom. The van der Waals surface area contributed by atoms with E-state index in [0.717, 1.165) is 5.59 Å². The predicted octanol–water partition coefficient (Wildman–Crippen LogP) is 7.61. The maximum Gasteiger partial charge on any atom is 0.241 e. The maximum absolute atomic E-state index is 4.56. The molecular weight excluding hydrogens is 578 g/mol. The average Bonchev–Trinajstić information content (AvgIpc) is 3.17. The van der Waals surface area contributed by atoms with Crippen LogP contribution in [0.4, 0.5) is 0 Å². The number of nitrogens with zero attached hydrogens (tertiary/aromatic N) is 2. The summed E-state index contributed by atoms with van der Waals surface area (Å²) in [5, 5.41) is 0. The minimum atomic E-state index is 0.215. The highest BCUT2D eigenvalue weighted by Gasteiger charge is 2.20. The lowest BCUT2D eigenvalue weighted by Gasteiger charge is -2.17. The summed E-state index contributed by atoms with van der Waals surface area (Å²) in [6, 6.07) is 63.3. The fourth-order valence-electron chi connectivity index (χ4n) is 5.62. The normalized spacial score (nSPS) is 10.2. The Kier molecular flexibility index (Phi) is 13.1. The molecular formula is C44H41B2N2. The molecule has 0 saturated heterocycles. The van der Waals surface area contributed by atoms with E-state index in [2.05, 4.69) is 195 Å². The second kappa shape index (κ2) is 18.6. The van der Waals surface area contributed by atoms with Crippen LogP contribution in [-0.2, 0) is 0 Å².